The van der Waals surface area contributed by atoms with Gasteiger partial charge >= 0.3 is 0 Å². The lowest BCUT2D eigenvalue weighted by Crippen LogP contribution is -2.62. The van der Waals surface area contributed by atoms with Crippen LogP contribution in [-0.4, -0.2) is 45.2 Å². The number of hydrogen-bond donors (Lipinski definition) is 3. The number of allylic oxidation sites excluding steroid dienone is 6. The van der Waals surface area contributed by atoms with Crippen LogP contribution in [0, 0.1) is 34.5 Å². The third kappa shape index (κ3) is 2.17. The molecule has 0 heterocycles. The Morgan fingerprint density at radius 2 is 2.04 bits per heavy atom. The average molecular weight is 390 g/mol. The van der Waals surface area contributed by atoms with Crippen molar-refractivity contribution in [3.8, 4) is 0 Å². The highest BCUT2D eigenvalue weighted by molar-refractivity contribution is 6.01. The van der Waals surface area contributed by atoms with Crippen molar-refractivity contribution in [2.45, 2.75) is 45.3 Å². The van der Waals surface area contributed by atoms with Crippen molar-refractivity contribution in [2.24, 2.45) is 34.5 Å². The second kappa shape index (κ2) is 5.94. The second-order valence-corrected chi connectivity index (χ2v) is 9.47. The zero-order valence-corrected chi connectivity index (χ0v) is 16.4. The third-order valence-electron chi connectivity index (χ3n) is 8.25. The number of aliphatic hydroxyl groups excluding tert-OH is 2. The van der Waals surface area contributed by atoms with Gasteiger partial charge in [-0.2, -0.15) is 0 Å². The van der Waals surface area contributed by atoms with Gasteiger partial charge in [0.1, 0.15) is 18.0 Å². The van der Waals surface area contributed by atoms with Gasteiger partial charge in [0.2, 0.25) is 0 Å². The third-order valence-corrected chi connectivity index (χ3v) is 8.25. The molecule has 0 aromatic heterocycles. The van der Waals surface area contributed by atoms with E-state index in [1.165, 1.54) is 18.2 Å². The van der Waals surface area contributed by atoms with E-state index in [0.29, 0.717) is 6.42 Å². The normalized spacial score (nSPS) is 49.7. The van der Waals surface area contributed by atoms with Gasteiger partial charge in [0.25, 0.3) is 0 Å². The van der Waals surface area contributed by atoms with E-state index in [9.17, 15) is 24.9 Å². The SMILES string of the molecule is C[C@H]1C[C@H]2[C@@H]3C=C(F)C4=CC(=O)C=C[C@]4(C)[C@H]3[C@@H](O)C[C@]2(C)[C@@]1(O)C(=O)CO. The van der Waals surface area contributed by atoms with Crippen molar-refractivity contribution in [1.29, 1.82) is 0 Å². The lowest BCUT2D eigenvalue weighted by atomic mass is 9.47. The number of Topliss-reactive ketones (excluding diaryl/α,β-unsaturated/α-hetero) is 1. The molecule has 0 radical (unpaired) electrons. The van der Waals surface area contributed by atoms with Gasteiger partial charge < -0.3 is 15.3 Å². The van der Waals surface area contributed by atoms with Gasteiger partial charge in [-0.15, -0.1) is 0 Å². The molecule has 3 N–H and O–H groups in total. The summed E-state index contributed by atoms with van der Waals surface area (Å²) in [5, 5.41) is 32.0. The summed E-state index contributed by atoms with van der Waals surface area (Å²) < 4.78 is 15.1. The molecule has 0 amide bonds. The quantitative estimate of drug-likeness (QED) is 0.669. The minimum atomic E-state index is -1.77. The summed E-state index contributed by atoms with van der Waals surface area (Å²) in [7, 11) is 0. The zero-order chi connectivity index (χ0) is 20.6. The van der Waals surface area contributed by atoms with E-state index in [1.54, 1.807) is 19.9 Å². The van der Waals surface area contributed by atoms with Crippen LogP contribution in [0.5, 0.6) is 0 Å². The maximum atomic E-state index is 15.1. The molecular formula is C22H27FO5. The van der Waals surface area contributed by atoms with Crippen LogP contribution < -0.4 is 0 Å². The molecule has 152 valence electrons. The van der Waals surface area contributed by atoms with E-state index >= 15 is 4.39 Å². The van der Waals surface area contributed by atoms with Crippen LogP contribution >= 0.6 is 0 Å². The second-order valence-electron chi connectivity index (χ2n) is 9.47. The first-order chi connectivity index (χ1) is 13.0. The van der Waals surface area contributed by atoms with Crippen molar-refractivity contribution in [2.75, 3.05) is 6.61 Å². The highest BCUT2D eigenvalue weighted by Gasteiger charge is 2.70. The molecule has 6 heteroatoms. The van der Waals surface area contributed by atoms with Crippen LogP contribution in [0.2, 0.25) is 0 Å². The van der Waals surface area contributed by atoms with E-state index in [4.69, 9.17) is 0 Å². The van der Waals surface area contributed by atoms with Crippen LogP contribution in [0.3, 0.4) is 0 Å². The van der Waals surface area contributed by atoms with E-state index < -0.39 is 52.6 Å². The van der Waals surface area contributed by atoms with E-state index in [-0.39, 0.29) is 29.6 Å². The topological polar surface area (TPSA) is 94.8 Å². The van der Waals surface area contributed by atoms with Gasteiger partial charge in [-0.3, -0.25) is 9.59 Å². The molecule has 5 nitrogen and oxygen atoms in total. The monoisotopic (exact) mass is 390 g/mol. The van der Waals surface area contributed by atoms with Gasteiger partial charge in [0.15, 0.2) is 11.6 Å². The van der Waals surface area contributed by atoms with E-state index in [1.807, 2.05) is 6.92 Å². The molecule has 4 aliphatic rings. The molecule has 0 aromatic carbocycles. The number of carbonyl (C=O) groups is 2. The zero-order valence-electron chi connectivity index (χ0n) is 16.4. The molecule has 4 rings (SSSR count). The summed E-state index contributed by atoms with van der Waals surface area (Å²) in [6.07, 6.45) is 5.64. The number of aliphatic hydroxyl groups is 3. The Balaban J connectivity index is 1.87. The van der Waals surface area contributed by atoms with Gasteiger partial charge in [-0.1, -0.05) is 26.8 Å². The van der Waals surface area contributed by atoms with Crippen molar-refractivity contribution in [3.05, 3.63) is 35.7 Å². The van der Waals surface area contributed by atoms with Crippen molar-refractivity contribution in [1.82, 2.24) is 0 Å². The molecule has 0 aliphatic heterocycles. The Kier molecular flexibility index (Phi) is 4.17. The molecule has 2 fully saturated rings. The first-order valence-corrected chi connectivity index (χ1v) is 9.88. The van der Waals surface area contributed by atoms with Crippen LogP contribution in [-0.2, 0) is 9.59 Å². The maximum absolute atomic E-state index is 15.1. The standard InChI is InChI=1S/C22H27FO5/c1-11-6-14-13-8-16(23)15-7-12(25)4-5-20(15,2)19(13)17(26)9-21(14,3)22(11,28)18(27)10-24/h4-5,7-8,11,13-14,17,19,24,26,28H,6,9-10H2,1-3H3/t11-,13-,14-,17-,19+,20-,21-,22-/m0/s1. The molecule has 0 unspecified atom stereocenters. The first-order valence-electron chi connectivity index (χ1n) is 9.88. The van der Waals surface area contributed by atoms with Gasteiger partial charge in [0.05, 0.1) is 6.10 Å². The highest BCUT2D eigenvalue weighted by Crippen LogP contribution is 2.67. The molecular weight excluding hydrogens is 363 g/mol. The summed E-state index contributed by atoms with van der Waals surface area (Å²) >= 11 is 0. The Labute approximate surface area is 163 Å². The lowest BCUT2D eigenvalue weighted by molar-refractivity contribution is -0.178. The lowest BCUT2D eigenvalue weighted by Gasteiger charge is -2.58. The minimum absolute atomic E-state index is 0.172. The molecule has 8 atom stereocenters. The Bertz CT molecular complexity index is 844. The molecule has 0 saturated heterocycles. The highest BCUT2D eigenvalue weighted by atomic mass is 19.1. The predicted octanol–water partition coefficient (Wildman–Crippen LogP) is 1.88. The van der Waals surface area contributed by atoms with Gasteiger partial charge in [-0.25, -0.2) is 4.39 Å². The molecule has 0 aromatic rings. The Morgan fingerprint density at radius 3 is 2.68 bits per heavy atom. The summed E-state index contributed by atoms with van der Waals surface area (Å²) in [5.74, 6) is -2.80. The van der Waals surface area contributed by atoms with E-state index in [0.717, 1.165) is 0 Å². The fourth-order valence-electron chi connectivity index (χ4n) is 6.91. The molecule has 2 saturated carbocycles. The average Bonchev–Trinajstić information content (AvgIpc) is 2.83. The number of hydrogen-bond acceptors (Lipinski definition) is 5. The van der Waals surface area contributed by atoms with Gasteiger partial charge in [0, 0.05) is 22.3 Å². The molecule has 0 spiro atoms. The smallest absolute Gasteiger partial charge is 0.190 e. The molecule has 4 aliphatic carbocycles. The minimum Gasteiger partial charge on any atom is -0.393 e. The van der Waals surface area contributed by atoms with Crippen LogP contribution in [0.4, 0.5) is 4.39 Å². The van der Waals surface area contributed by atoms with Crippen molar-refractivity contribution in [3.63, 3.8) is 0 Å². The summed E-state index contributed by atoms with van der Waals surface area (Å²) in [4.78, 5) is 24.3. The first kappa shape index (κ1) is 19.7. The fourth-order valence-corrected chi connectivity index (χ4v) is 6.91. The van der Waals surface area contributed by atoms with Crippen LogP contribution in [0.25, 0.3) is 0 Å². The number of rotatable bonds is 2. The van der Waals surface area contributed by atoms with Crippen molar-refractivity contribution >= 4 is 11.6 Å². The largest absolute Gasteiger partial charge is 0.393 e. The summed E-state index contributed by atoms with van der Waals surface area (Å²) in [6, 6.07) is 0. The Morgan fingerprint density at radius 1 is 1.36 bits per heavy atom. The number of carbonyl (C=O) groups excluding carboxylic acids is 2. The fraction of sp³-hybridized carbons (Fsp3) is 0.636. The van der Waals surface area contributed by atoms with E-state index in [2.05, 4.69) is 0 Å². The summed E-state index contributed by atoms with van der Waals surface area (Å²) in [6.45, 7) is 4.61. The molecule has 0 bridgehead atoms. The Hall–Kier alpha value is -1.63. The number of fused-ring (bicyclic) bond motifs is 5. The molecule has 28 heavy (non-hydrogen) atoms. The summed E-state index contributed by atoms with van der Waals surface area (Å²) in [5.41, 5.74) is -3.28. The van der Waals surface area contributed by atoms with Crippen LogP contribution in [0.15, 0.2) is 35.7 Å². The number of ketones is 2. The van der Waals surface area contributed by atoms with Crippen LogP contribution in [0.1, 0.15) is 33.6 Å². The number of halogens is 1. The maximum Gasteiger partial charge on any atom is 0.190 e. The van der Waals surface area contributed by atoms with Crippen molar-refractivity contribution < 1.29 is 29.3 Å². The van der Waals surface area contributed by atoms with Gasteiger partial charge in [-0.05, 0) is 48.8 Å². The predicted molar refractivity (Wildman–Crippen MR) is 99.6 cm³/mol.